The number of methoxy groups -OCH3 is 4. The lowest BCUT2D eigenvalue weighted by atomic mass is 9.86. The maximum absolute atomic E-state index is 13.9. The van der Waals surface area contributed by atoms with Gasteiger partial charge in [0, 0.05) is 11.5 Å². The molecule has 0 fully saturated rings. The first-order valence-electron chi connectivity index (χ1n) is 13.8. The van der Waals surface area contributed by atoms with Gasteiger partial charge in [0.1, 0.15) is 17.1 Å². The third kappa shape index (κ3) is 7.49. The van der Waals surface area contributed by atoms with E-state index < -0.39 is 5.97 Å². The molecule has 0 aliphatic rings. The van der Waals surface area contributed by atoms with Crippen LogP contribution in [-0.4, -0.2) is 40.2 Å². The van der Waals surface area contributed by atoms with Crippen LogP contribution in [0.5, 0.6) is 28.7 Å². The van der Waals surface area contributed by atoms with Gasteiger partial charge in [0.25, 0.3) is 0 Å². The number of rotatable bonds is 14. The second-order valence-electron chi connectivity index (χ2n) is 9.79. The normalized spacial score (nSPS) is 11.3. The number of esters is 1. The third-order valence-corrected chi connectivity index (χ3v) is 7.11. The van der Waals surface area contributed by atoms with E-state index in [0.29, 0.717) is 52.7 Å². The van der Waals surface area contributed by atoms with Gasteiger partial charge in [0.05, 0.1) is 28.4 Å². The number of ketones is 1. The molecule has 0 aliphatic carbocycles. The summed E-state index contributed by atoms with van der Waals surface area (Å²) in [4.78, 5) is 26.1. The second-order valence-corrected chi connectivity index (χ2v) is 9.79. The summed E-state index contributed by atoms with van der Waals surface area (Å²) in [6.45, 7) is 0. The van der Waals surface area contributed by atoms with Crippen LogP contribution in [0.1, 0.15) is 44.7 Å². The Labute approximate surface area is 247 Å². The zero-order chi connectivity index (χ0) is 29.9. The molecule has 0 saturated heterocycles. The highest BCUT2D eigenvalue weighted by Gasteiger charge is 2.24. The van der Waals surface area contributed by atoms with Gasteiger partial charge in [-0.25, -0.2) is 4.79 Å². The molecule has 7 nitrogen and oxygen atoms in total. The SMILES string of the molecule is COC(=O)c1ccccc1Oc1ccc(CC(CCCc2ccccc2)C(=O)c2cc(OC)c(OC)c(OC)c2)cc1. The van der Waals surface area contributed by atoms with Gasteiger partial charge < -0.3 is 23.7 Å². The van der Waals surface area contributed by atoms with E-state index in [-0.39, 0.29) is 11.7 Å². The van der Waals surface area contributed by atoms with Crippen LogP contribution in [0.25, 0.3) is 0 Å². The number of ether oxygens (including phenoxy) is 5. The molecular weight excluding hydrogens is 532 g/mol. The van der Waals surface area contributed by atoms with Crippen LogP contribution in [0, 0.1) is 5.92 Å². The molecule has 0 heterocycles. The van der Waals surface area contributed by atoms with Gasteiger partial charge in [-0.15, -0.1) is 0 Å². The Hall–Kier alpha value is -4.78. The fourth-order valence-corrected chi connectivity index (χ4v) is 4.92. The molecule has 1 unspecified atom stereocenters. The molecular formula is C35H36O7. The molecule has 0 N–H and O–H groups in total. The molecule has 0 aromatic heterocycles. The molecule has 0 spiro atoms. The van der Waals surface area contributed by atoms with E-state index in [1.807, 2.05) is 42.5 Å². The molecule has 42 heavy (non-hydrogen) atoms. The minimum atomic E-state index is -0.467. The molecule has 4 rings (SSSR count). The Balaban J connectivity index is 1.55. The lowest BCUT2D eigenvalue weighted by Gasteiger charge is -2.19. The van der Waals surface area contributed by atoms with Crippen molar-refractivity contribution in [3.8, 4) is 28.7 Å². The van der Waals surface area contributed by atoms with Gasteiger partial charge in [-0.1, -0.05) is 54.6 Å². The van der Waals surface area contributed by atoms with Crippen molar-refractivity contribution in [3.63, 3.8) is 0 Å². The zero-order valence-corrected chi connectivity index (χ0v) is 24.4. The van der Waals surface area contributed by atoms with E-state index in [9.17, 15) is 9.59 Å². The van der Waals surface area contributed by atoms with Crippen molar-refractivity contribution >= 4 is 11.8 Å². The van der Waals surface area contributed by atoms with E-state index >= 15 is 0 Å². The number of para-hydroxylation sites is 1. The van der Waals surface area contributed by atoms with Crippen molar-refractivity contribution in [1.82, 2.24) is 0 Å². The fraction of sp³-hybridized carbons (Fsp3) is 0.257. The van der Waals surface area contributed by atoms with Crippen molar-refractivity contribution in [1.29, 1.82) is 0 Å². The minimum Gasteiger partial charge on any atom is -0.493 e. The molecule has 0 amide bonds. The predicted molar refractivity (Wildman–Crippen MR) is 161 cm³/mol. The van der Waals surface area contributed by atoms with Crippen LogP contribution in [0.3, 0.4) is 0 Å². The van der Waals surface area contributed by atoms with Gasteiger partial charge >= 0.3 is 5.97 Å². The quantitative estimate of drug-likeness (QED) is 0.116. The molecule has 218 valence electrons. The van der Waals surface area contributed by atoms with Crippen LogP contribution in [0.4, 0.5) is 0 Å². The molecule has 0 saturated carbocycles. The van der Waals surface area contributed by atoms with Crippen LogP contribution >= 0.6 is 0 Å². The molecule has 1 atom stereocenters. The van der Waals surface area contributed by atoms with E-state index in [4.69, 9.17) is 23.7 Å². The number of carbonyl (C=O) groups excluding carboxylic acids is 2. The van der Waals surface area contributed by atoms with Gasteiger partial charge in [-0.3, -0.25) is 4.79 Å². The standard InChI is InChI=1S/C35H36O7/c1-38-31-22-27(23-32(39-2)34(31)40-3)33(36)26(14-10-13-24-11-6-5-7-12-24)21-25-17-19-28(20-18-25)42-30-16-9-8-15-29(30)35(37)41-4/h5-9,11-12,15-20,22-23,26H,10,13-14,21H2,1-4H3. The topological polar surface area (TPSA) is 80.3 Å². The molecule has 0 radical (unpaired) electrons. The maximum Gasteiger partial charge on any atom is 0.341 e. The first kappa shape index (κ1) is 30.2. The predicted octanol–water partition coefficient (Wildman–Crippen LogP) is 7.36. The Kier molecular flexibility index (Phi) is 10.6. The number of hydrogen-bond acceptors (Lipinski definition) is 7. The average molecular weight is 569 g/mol. The van der Waals surface area contributed by atoms with Crippen molar-refractivity contribution in [3.05, 3.63) is 113 Å². The van der Waals surface area contributed by atoms with Crippen molar-refractivity contribution in [2.75, 3.05) is 28.4 Å². The summed E-state index contributed by atoms with van der Waals surface area (Å²) in [5, 5.41) is 0. The minimum absolute atomic E-state index is 0.00893. The molecule has 7 heteroatoms. The van der Waals surface area contributed by atoms with Crippen LogP contribution in [0.15, 0.2) is 91.0 Å². The second kappa shape index (κ2) is 14.7. The summed E-state index contributed by atoms with van der Waals surface area (Å²) in [6.07, 6.45) is 2.99. The lowest BCUT2D eigenvalue weighted by molar-refractivity contribution is 0.0597. The van der Waals surface area contributed by atoms with Crippen LogP contribution in [-0.2, 0) is 17.6 Å². The Bertz CT molecular complexity index is 1450. The molecule has 4 aromatic carbocycles. The Morgan fingerprint density at radius 2 is 1.33 bits per heavy atom. The first-order chi connectivity index (χ1) is 20.5. The molecule has 4 aromatic rings. The third-order valence-electron chi connectivity index (χ3n) is 7.11. The molecule has 0 bridgehead atoms. The van der Waals surface area contributed by atoms with Crippen LogP contribution < -0.4 is 18.9 Å². The number of Topliss-reactive ketones (excluding diaryl/α,β-unsaturated/α-hetero) is 1. The Morgan fingerprint density at radius 3 is 1.95 bits per heavy atom. The average Bonchev–Trinajstić information content (AvgIpc) is 3.04. The van der Waals surface area contributed by atoms with Gasteiger partial charge in [0.15, 0.2) is 17.3 Å². The Morgan fingerprint density at radius 1 is 0.690 bits per heavy atom. The van der Waals surface area contributed by atoms with Crippen molar-refractivity contribution in [2.45, 2.75) is 25.7 Å². The lowest BCUT2D eigenvalue weighted by Crippen LogP contribution is -2.18. The number of aryl methyl sites for hydroxylation is 1. The van der Waals surface area contributed by atoms with Crippen molar-refractivity contribution in [2.24, 2.45) is 5.92 Å². The highest BCUT2D eigenvalue weighted by Crippen LogP contribution is 2.39. The van der Waals surface area contributed by atoms with Gasteiger partial charge in [0.2, 0.25) is 5.75 Å². The van der Waals surface area contributed by atoms with Crippen LogP contribution in [0.2, 0.25) is 0 Å². The highest BCUT2D eigenvalue weighted by molar-refractivity contribution is 5.99. The van der Waals surface area contributed by atoms with Crippen molar-refractivity contribution < 1.29 is 33.3 Å². The first-order valence-corrected chi connectivity index (χ1v) is 13.8. The smallest absolute Gasteiger partial charge is 0.341 e. The van der Waals surface area contributed by atoms with E-state index in [1.165, 1.54) is 34.0 Å². The zero-order valence-electron chi connectivity index (χ0n) is 24.4. The number of benzene rings is 4. The summed E-state index contributed by atoms with van der Waals surface area (Å²) in [7, 11) is 5.95. The maximum atomic E-state index is 13.9. The largest absolute Gasteiger partial charge is 0.493 e. The number of hydrogen-bond donors (Lipinski definition) is 0. The summed E-state index contributed by atoms with van der Waals surface area (Å²) in [5.74, 6) is 1.58. The van der Waals surface area contributed by atoms with E-state index in [2.05, 4.69) is 12.1 Å². The fourth-order valence-electron chi connectivity index (χ4n) is 4.92. The summed E-state index contributed by atoms with van der Waals surface area (Å²) in [5.41, 5.74) is 3.09. The summed E-state index contributed by atoms with van der Waals surface area (Å²) >= 11 is 0. The molecule has 0 aliphatic heterocycles. The summed E-state index contributed by atoms with van der Waals surface area (Å²) < 4.78 is 27.3. The monoisotopic (exact) mass is 568 g/mol. The van der Waals surface area contributed by atoms with E-state index in [0.717, 1.165) is 18.4 Å². The highest BCUT2D eigenvalue weighted by atomic mass is 16.5. The van der Waals surface area contributed by atoms with E-state index in [1.54, 1.807) is 36.4 Å². The number of carbonyl (C=O) groups is 2. The van der Waals surface area contributed by atoms with Gasteiger partial charge in [-0.05, 0) is 73.2 Å². The van der Waals surface area contributed by atoms with Gasteiger partial charge in [-0.2, -0.15) is 0 Å². The summed E-state index contributed by atoms with van der Waals surface area (Å²) in [6, 6.07) is 28.2.